The summed E-state index contributed by atoms with van der Waals surface area (Å²) in [5.41, 5.74) is 1.53. The average molecular weight is 340 g/mol. The Bertz CT molecular complexity index is 498. The van der Waals surface area contributed by atoms with Gasteiger partial charge in [-0.3, -0.25) is 4.79 Å². The molecule has 0 spiro atoms. The van der Waals surface area contributed by atoms with Crippen LogP contribution >= 0.6 is 11.6 Å². The van der Waals surface area contributed by atoms with Crippen molar-refractivity contribution in [1.29, 1.82) is 0 Å². The van der Waals surface area contributed by atoms with Gasteiger partial charge in [0.1, 0.15) is 11.4 Å². The molecule has 128 valence electrons. The largest absolute Gasteiger partial charge is 0.465 e. The van der Waals surface area contributed by atoms with Crippen LogP contribution < -0.4 is 5.66 Å². The van der Waals surface area contributed by atoms with E-state index in [1.54, 1.807) is 0 Å². The van der Waals surface area contributed by atoms with Crippen LogP contribution in [0, 0.1) is 5.92 Å². The van der Waals surface area contributed by atoms with Crippen molar-refractivity contribution in [3.63, 3.8) is 0 Å². The highest BCUT2D eigenvalue weighted by atomic mass is 35.5. The van der Waals surface area contributed by atoms with Gasteiger partial charge in [0.05, 0.1) is 17.5 Å². The SMILES string of the molecule is Bc1onc(C2CCC(C(=O)OCCCCCCC)CC2)c1Cl. The first kappa shape index (κ1) is 18.4. The van der Waals surface area contributed by atoms with Crippen LogP contribution in [0.3, 0.4) is 0 Å². The average Bonchev–Trinajstić information content (AvgIpc) is 2.90. The molecule has 6 heteroatoms. The Hall–Kier alpha value is -0.965. The summed E-state index contributed by atoms with van der Waals surface area (Å²) in [5, 5.41) is 4.71. The third-order valence-corrected chi connectivity index (χ3v) is 5.21. The van der Waals surface area contributed by atoms with Crippen LogP contribution in [0.15, 0.2) is 4.52 Å². The van der Waals surface area contributed by atoms with Crippen molar-refractivity contribution in [2.45, 2.75) is 70.6 Å². The molecule has 0 aliphatic heterocycles. The van der Waals surface area contributed by atoms with Crippen molar-refractivity contribution in [3.8, 4) is 0 Å². The number of esters is 1. The molecule has 1 aliphatic rings. The van der Waals surface area contributed by atoms with Gasteiger partial charge in [-0.25, -0.2) is 0 Å². The fourth-order valence-electron chi connectivity index (χ4n) is 3.23. The molecular weight excluding hydrogens is 312 g/mol. The quantitative estimate of drug-likeness (QED) is 0.414. The van der Waals surface area contributed by atoms with Gasteiger partial charge < -0.3 is 9.26 Å². The minimum atomic E-state index is -0.0265. The Morgan fingerprint density at radius 2 is 1.96 bits per heavy atom. The first-order valence-electron chi connectivity index (χ1n) is 8.91. The number of hydrogen-bond donors (Lipinski definition) is 0. The molecule has 1 saturated carbocycles. The highest BCUT2D eigenvalue weighted by molar-refractivity contribution is 6.43. The Labute approximate surface area is 144 Å². The maximum Gasteiger partial charge on any atom is 0.308 e. The maximum atomic E-state index is 12.1. The highest BCUT2D eigenvalue weighted by Gasteiger charge is 2.30. The number of nitrogens with zero attached hydrogens (tertiary/aromatic N) is 1. The van der Waals surface area contributed by atoms with Gasteiger partial charge in [-0.1, -0.05) is 49.4 Å². The normalized spacial score (nSPS) is 21.3. The Kier molecular flexibility index (Phi) is 7.48. The number of aromatic nitrogens is 1. The Balaban J connectivity index is 1.67. The van der Waals surface area contributed by atoms with Gasteiger partial charge in [-0.2, -0.15) is 0 Å². The standard InChI is InChI=1S/C17H27BClNO3/c1-2-3-4-5-6-11-22-17(21)13-9-7-12(8-10-13)15-14(19)16(18)23-20-15/h12-13H,2-11,18H2,1H3. The monoisotopic (exact) mass is 339 g/mol. The second-order valence-corrected chi connectivity index (χ2v) is 6.95. The zero-order valence-electron chi connectivity index (χ0n) is 14.3. The Morgan fingerprint density at radius 1 is 1.26 bits per heavy atom. The lowest BCUT2D eigenvalue weighted by molar-refractivity contribution is -0.149. The van der Waals surface area contributed by atoms with E-state index < -0.39 is 0 Å². The fourth-order valence-corrected chi connectivity index (χ4v) is 3.45. The smallest absolute Gasteiger partial charge is 0.308 e. The lowest BCUT2D eigenvalue weighted by atomic mass is 9.80. The Morgan fingerprint density at radius 3 is 2.57 bits per heavy atom. The zero-order valence-corrected chi connectivity index (χ0v) is 15.0. The van der Waals surface area contributed by atoms with Crippen LogP contribution in [0.2, 0.25) is 5.02 Å². The molecule has 0 unspecified atom stereocenters. The number of carbonyl (C=O) groups is 1. The van der Waals surface area contributed by atoms with Gasteiger partial charge in [0.15, 0.2) is 7.85 Å². The first-order valence-corrected chi connectivity index (χ1v) is 9.29. The number of unbranched alkanes of at least 4 members (excludes halogenated alkanes) is 4. The molecule has 0 atom stereocenters. The van der Waals surface area contributed by atoms with E-state index in [0.717, 1.165) is 44.2 Å². The summed E-state index contributed by atoms with van der Waals surface area (Å²) < 4.78 is 10.6. The molecular formula is C17H27BClNO3. The molecule has 0 amide bonds. The molecule has 0 N–H and O–H groups in total. The fraction of sp³-hybridized carbons (Fsp3) is 0.765. The first-order chi connectivity index (χ1) is 11.1. The van der Waals surface area contributed by atoms with Crippen molar-refractivity contribution < 1.29 is 14.1 Å². The minimum absolute atomic E-state index is 0.0265. The molecule has 1 aliphatic carbocycles. The molecule has 0 aromatic carbocycles. The van der Waals surface area contributed by atoms with Gasteiger partial charge in [0.2, 0.25) is 0 Å². The topological polar surface area (TPSA) is 52.3 Å². The summed E-state index contributed by atoms with van der Waals surface area (Å²) in [6.07, 6.45) is 9.40. The van der Waals surface area contributed by atoms with E-state index in [-0.39, 0.29) is 11.9 Å². The van der Waals surface area contributed by atoms with Crippen molar-refractivity contribution in [3.05, 3.63) is 10.7 Å². The summed E-state index contributed by atoms with van der Waals surface area (Å²) in [6.45, 7) is 2.76. The van der Waals surface area contributed by atoms with Gasteiger partial charge in [-0.15, -0.1) is 0 Å². The summed E-state index contributed by atoms with van der Waals surface area (Å²) in [4.78, 5) is 12.1. The maximum absolute atomic E-state index is 12.1. The molecule has 1 heterocycles. The molecule has 23 heavy (non-hydrogen) atoms. The van der Waals surface area contributed by atoms with E-state index in [1.807, 2.05) is 7.85 Å². The lowest BCUT2D eigenvalue weighted by Crippen LogP contribution is -2.23. The van der Waals surface area contributed by atoms with Crippen molar-refractivity contribution in [2.24, 2.45) is 5.92 Å². The third-order valence-electron chi connectivity index (χ3n) is 4.75. The van der Waals surface area contributed by atoms with Crippen LogP contribution in [0.25, 0.3) is 0 Å². The summed E-state index contributed by atoms with van der Waals surface area (Å²) in [6, 6.07) is 0. The third kappa shape index (κ3) is 5.27. The zero-order chi connectivity index (χ0) is 16.7. The van der Waals surface area contributed by atoms with Crippen molar-refractivity contribution in [2.75, 3.05) is 6.61 Å². The van der Waals surface area contributed by atoms with E-state index in [9.17, 15) is 4.79 Å². The second kappa shape index (κ2) is 9.36. The molecule has 1 aromatic heterocycles. The van der Waals surface area contributed by atoms with Gasteiger partial charge in [0.25, 0.3) is 0 Å². The van der Waals surface area contributed by atoms with E-state index in [0.29, 0.717) is 23.2 Å². The molecule has 1 fully saturated rings. The van der Waals surface area contributed by atoms with Crippen LogP contribution in [-0.4, -0.2) is 25.6 Å². The number of halogens is 1. The molecule has 1 aromatic rings. The van der Waals surface area contributed by atoms with Gasteiger partial charge >= 0.3 is 5.97 Å². The number of carbonyl (C=O) groups excluding carboxylic acids is 1. The molecule has 0 radical (unpaired) electrons. The number of rotatable bonds is 8. The van der Waals surface area contributed by atoms with E-state index in [4.69, 9.17) is 20.9 Å². The summed E-state index contributed by atoms with van der Waals surface area (Å²) in [7, 11) is 1.82. The van der Waals surface area contributed by atoms with Crippen LogP contribution in [0.1, 0.15) is 76.3 Å². The van der Waals surface area contributed by atoms with Crippen molar-refractivity contribution >= 4 is 31.1 Å². The van der Waals surface area contributed by atoms with Gasteiger partial charge in [0, 0.05) is 5.92 Å². The van der Waals surface area contributed by atoms with E-state index in [1.165, 1.54) is 19.3 Å². The number of hydrogen-bond acceptors (Lipinski definition) is 4. The second-order valence-electron chi connectivity index (χ2n) is 6.57. The summed E-state index contributed by atoms with van der Waals surface area (Å²) >= 11 is 6.21. The predicted octanol–water partition coefficient (Wildman–Crippen LogP) is 3.37. The van der Waals surface area contributed by atoms with E-state index in [2.05, 4.69) is 12.1 Å². The highest BCUT2D eigenvalue weighted by Crippen LogP contribution is 2.37. The summed E-state index contributed by atoms with van der Waals surface area (Å²) in [5.74, 6) is 0.313. The molecule has 4 nitrogen and oxygen atoms in total. The van der Waals surface area contributed by atoms with Crippen LogP contribution in [0.4, 0.5) is 0 Å². The van der Waals surface area contributed by atoms with Crippen LogP contribution in [-0.2, 0) is 9.53 Å². The van der Waals surface area contributed by atoms with Crippen LogP contribution in [0.5, 0.6) is 0 Å². The van der Waals surface area contributed by atoms with Crippen molar-refractivity contribution in [1.82, 2.24) is 5.16 Å². The predicted molar refractivity (Wildman–Crippen MR) is 94.1 cm³/mol. The number of ether oxygens (including phenoxy) is 1. The molecule has 0 bridgehead atoms. The lowest BCUT2D eigenvalue weighted by Gasteiger charge is -2.26. The molecule has 0 saturated heterocycles. The van der Waals surface area contributed by atoms with E-state index >= 15 is 0 Å². The molecule has 2 rings (SSSR count). The minimum Gasteiger partial charge on any atom is -0.465 e. The van der Waals surface area contributed by atoms with Gasteiger partial charge in [-0.05, 0) is 32.1 Å².